The molecule has 0 spiro atoms. The molecule has 2 saturated carbocycles. The van der Waals surface area contributed by atoms with Crippen LogP contribution in [0.4, 0.5) is 0 Å². The lowest BCUT2D eigenvalue weighted by Gasteiger charge is -2.48. The van der Waals surface area contributed by atoms with Gasteiger partial charge in [-0.2, -0.15) is 0 Å². The molecule has 216 valence electrons. The zero-order valence-corrected chi connectivity index (χ0v) is 25.3. The van der Waals surface area contributed by atoms with Gasteiger partial charge in [0.05, 0.1) is 5.76 Å². The van der Waals surface area contributed by atoms with Gasteiger partial charge in [-0.3, -0.25) is 4.79 Å². The molecule has 2 heteroatoms. The molecule has 0 aliphatic heterocycles. The molecule has 0 amide bonds. The first-order valence-corrected chi connectivity index (χ1v) is 16.7. The van der Waals surface area contributed by atoms with Crippen molar-refractivity contribution in [3.8, 4) is 5.75 Å². The second kappa shape index (κ2) is 15.2. The monoisotopic (exact) mass is 532 g/mol. The molecule has 1 aromatic rings. The maximum absolute atomic E-state index is 12.6. The lowest BCUT2D eigenvalue weighted by Crippen LogP contribution is -2.42. The number of rotatable bonds is 17. The molecule has 0 bridgehead atoms. The van der Waals surface area contributed by atoms with Crippen molar-refractivity contribution in [2.24, 2.45) is 17.3 Å². The molecule has 39 heavy (non-hydrogen) atoms. The van der Waals surface area contributed by atoms with Crippen molar-refractivity contribution in [2.75, 3.05) is 0 Å². The van der Waals surface area contributed by atoms with Crippen LogP contribution in [0.25, 0.3) is 0 Å². The summed E-state index contributed by atoms with van der Waals surface area (Å²) in [6.07, 6.45) is 29.5. The minimum Gasteiger partial charge on any atom is -0.462 e. The average Bonchev–Trinajstić information content (AvgIpc) is 3.24. The van der Waals surface area contributed by atoms with Gasteiger partial charge in [-0.1, -0.05) is 90.0 Å². The highest BCUT2D eigenvalue weighted by molar-refractivity contribution is 5.87. The number of allylic oxidation sites excluding steroid dienone is 3. The first-order valence-electron chi connectivity index (χ1n) is 16.7. The Bertz CT molecular complexity index is 958. The van der Waals surface area contributed by atoms with Gasteiger partial charge in [-0.05, 0) is 105 Å². The second-order valence-electron chi connectivity index (χ2n) is 13.2. The predicted molar refractivity (Wildman–Crippen MR) is 165 cm³/mol. The number of unbranched alkanes of at least 4 members (excludes halogenated alkanes) is 11. The number of benzene rings is 1. The molecule has 0 saturated heterocycles. The Morgan fingerprint density at radius 3 is 2.36 bits per heavy atom. The molecule has 1 aromatic carbocycles. The van der Waals surface area contributed by atoms with E-state index in [-0.39, 0.29) is 5.41 Å². The summed E-state index contributed by atoms with van der Waals surface area (Å²) in [5.74, 6) is 4.31. The van der Waals surface area contributed by atoms with Crippen LogP contribution >= 0.6 is 0 Å². The summed E-state index contributed by atoms with van der Waals surface area (Å²) in [6.45, 7) is 8.76. The maximum atomic E-state index is 12.6. The zero-order chi connectivity index (χ0) is 27.5. The summed E-state index contributed by atoms with van der Waals surface area (Å²) in [5, 5.41) is 0. The number of carbonyl (C=O) groups excluding carboxylic acids is 1. The molecular formula is C37H56O2. The van der Waals surface area contributed by atoms with Crippen molar-refractivity contribution in [3.05, 3.63) is 53.8 Å². The third kappa shape index (κ3) is 8.11. The van der Waals surface area contributed by atoms with Gasteiger partial charge in [0.1, 0.15) is 11.5 Å². The first-order chi connectivity index (χ1) is 19.0. The van der Waals surface area contributed by atoms with Crippen molar-refractivity contribution in [1.82, 2.24) is 0 Å². The number of fused-ring (bicyclic) bond motifs is 5. The minimum absolute atomic E-state index is 0.0382. The third-order valence-electron chi connectivity index (χ3n) is 10.4. The number of ether oxygens (including phenoxy) is 1. The fraction of sp³-hybridized carbons (Fsp3) is 0.703. The number of ketones is 1. The van der Waals surface area contributed by atoms with Crippen molar-refractivity contribution in [3.63, 3.8) is 0 Å². The van der Waals surface area contributed by atoms with Gasteiger partial charge < -0.3 is 4.74 Å². The first kappa shape index (κ1) is 30.1. The van der Waals surface area contributed by atoms with Crippen molar-refractivity contribution >= 4 is 5.78 Å². The Hall–Kier alpha value is -1.83. The van der Waals surface area contributed by atoms with Crippen LogP contribution in [0.15, 0.2) is 42.7 Å². The second-order valence-corrected chi connectivity index (χ2v) is 13.2. The summed E-state index contributed by atoms with van der Waals surface area (Å²) < 4.78 is 6.19. The van der Waals surface area contributed by atoms with Crippen LogP contribution in [0.3, 0.4) is 0 Å². The van der Waals surface area contributed by atoms with E-state index in [0.29, 0.717) is 23.5 Å². The zero-order valence-electron chi connectivity index (χ0n) is 25.3. The van der Waals surface area contributed by atoms with Gasteiger partial charge in [-0.25, -0.2) is 0 Å². The Morgan fingerprint density at radius 2 is 1.62 bits per heavy atom. The minimum atomic E-state index is -0.0382. The molecule has 3 aliphatic carbocycles. The molecule has 2 fully saturated rings. The fourth-order valence-electron chi connectivity index (χ4n) is 8.00. The van der Waals surface area contributed by atoms with Crippen LogP contribution in [0.2, 0.25) is 0 Å². The van der Waals surface area contributed by atoms with Gasteiger partial charge in [0.2, 0.25) is 0 Å². The number of carbonyl (C=O) groups is 1. The van der Waals surface area contributed by atoms with Gasteiger partial charge in [0.15, 0.2) is 0 Å². The SMILES string of the molecule is C=C(CCCCCCC/C=C\CCCCCCCC)Oc1ccc2c(c1)CC[C@@H]1[C@@H]2CCC2(C)C(=O)CC[C@@H]12. The Morgan fingerprint density at radius 1 is 0.923 bits per heavy atom. The van der Waals surface area contributed by atoms with E-state index in [0.717, 1.165) is 43.6 Å². The van der Waals surface area contributed by atoms with E-state index in [4.69, 9.17) is 4.74 Å². The highest BCUT2D eigenvalue weighted by Gasteiger charge is 2.54. The van der Waals surface area contributed by atoms with E-state index in [9.17, 15) is 4.79 Å². The van der Waals surface area contributed by atoms with Crippen LogP contribution in [-0.2, 0) is 11.2 Å². The molecule has 1 unspecified atom stereocenters. The maximum Gasteiger partial charge on any atom is 0.139 e. The van der Waals surface area contributed by atoms with Gasteiger partial charge in [0, 0.05) is 18.3 Å². The van der Waals surface area contributed by atoms with Crippen molar-refractivity contribution in [2.45, 2.75) is 148 Å². The largest absolute Gasteiger partial charge is 0.462 e. The van der Waals surface area contributed by atoms with E-state index in [1.54, 1.807) is 0 Å². The Balaban J connectivity index is 1.08. The number of hydrogen-bond acceptors (Lipinski definition) is 2. The lowest BCUT2D eigenvalue weighted by atomic mass is 9.55. The molecule has 4 rings (SSSR count). The number of aryl methyl sites for hydroxylation is 1. The van der Waals surface area contributed by atoms with Gasteiger partial charge >= 0.3 is 0 Å². The average molecular weight is 533 g/mol. The quantitative estimate of drug-likeness (QED) is 0.113. The summed E-state index contributed by atoms with van der Waals surface area (Å²) in [4.78, 5) is 12.6. The molecule has 3 aliphatic rings. The lowest BCUT2D eigenvalue weighted by molar-refractivity contribution is -0.129. The topological polar surface area (TPSA) is 26.3 Å². The molecule has 4 atom stereocenters. The van der Waals surface area contributed by atoms with E-state index in [2.05, 4.69) is 50.8 Å². The normalized spacial score (nSPS) is 25.9. The molecule has 2 nitrogen and oxygen atoms in total. The van der Waals surface area contributed by atoms with E-state index in [1.807, 2.05) is 0 Å². The third-order valence-corrected chi connectivity index (χ3v) is 10.4. The molecular weight excluding hydrogens is 476 g/mol. The van der Waals surface area contributed by atoms with Crippen LogP contribution in [0, 0.1) is 17.3 Å². The van der Waals surface area contributed by atoms with Crippen LogP contribution in [-0.4, -0.2) is 5.78 Å². The Labute approximate surface area is 240 Å². The summed E-state index contributed by atoms with van der Waals surface area (Å²) in [5.41, 5.74) is 2.96. The van der Waals surface area contributed by atoms with Gasteiger partial charge in [-0.15, -0.1) is 0 Å². The van der Waals surface area contributed by atoms with Crippen molar-refractivity contribution < 1.29 is 9.53 Å². The summed E-state index contributed by atoms with van der Waals surface area (Å²) >= 11 is 0. The highest BCUT2D eigenvalue weighted by atomic mass is 16.5. The van der Waals surface area contributed by atoms with Crippen LogP contribution < -0.4 is 4.74 Å². The van der Waals surface area contributed by atoms with Gasteiger partial charge in [0.25, 0.3) is 0 Å². The predicted octanol–water partition coefficient (Wildman–Crippen LogP) is 11.0. The number of Topliss-reactive ketones (excluding diaryl/α,β-unsaturated/α-hetero) is 1. The highest BCUT2D eigenvalue weighted by Crippen LogP contribution is 2.59. The number of hydrogen-bond donors (Lipinski definition) is 0. The van der Waals surface area contributed by atoms with Crippen LogP contribution in [0.5, 0.6) is 5.75 Å². The molecule has 0 aromatic heterocycles. The molecule has 0 radical (unpaired) electrons. The fourth-order valence-corrected chi connectivity index (χ4v) is 8.00. The van der Waals surface area contributed by atoms with E-state index >= 15 is 0 Å². The van der Waals surface area contributed by atoms with E-state index < -0.39 is 0 Å². The van der Waals surface area contributed by atoms with E-state index in [1.165, 1.54) is 107 Å². The summed E-state index contributed by atoms with van der Waals surface area (Å²) in [7, 11) is 0. The molecule has 0 N–H and O–H groups in total. The Kier molecular flexibility index (Phi) is 11.8. The summed E-state index contributed by atoms with van der Waals surface area (Å²) in [6, 6.07) is 6.78. The molecule has 0 heterocycles. The van der Waals surface area contributed by atoms with Crippen molar-refractivity contribution in [1.29, 1.82) is 0 Å². The standard InChI is InChI=1S/C37H56O2/c1-4-5-6-7-8-9-10-11-12-13-14-15-16-17-18-19-29(2)39-31-21-23-32-30(28-31)20-22-34-33(32)26-27-37(3)35(34)24-25-36(37)38/h11-12,21,23,28,33-35H,2,4-10,13-20,22,24-27H2,1,3H3/b12-11-/t33-,34-,35+,37?/m1/s1. The van der Waals surface area contributed by atoms with Crippen LogP contribution in [0.1, 0.15) is 153 Å². The smallest absolute Gasteiger partial charge is 0.139 e.